The maximum Gasteiger partial charge on any atom is 0.287 e. The normalized spacial score (nSPS) is 11.9. The minimum atomic E-state index is -0.747. The lowest BCUT2D eigenvalue weighted by Crippen LogP contribution is -2.23. The summed E-state index contributed by atoms with van der Waals surface area (Å²) in [5.74, 6) is 0.918. The van der Waals surface area contributed by atoms with Crippen LogP contribution >= 0.6 is 11.8 Å². The van der Waals surface area contributed by atoms with Gasteiger partial charge in [-0.2, -0.15) is 0 Å². The highest BCUT2D eigenvalue weighted by Gasteiger charge is 2.13. The summed E-state index contributed by atoms with van der Waals surface area (Å²) >= 11 is 1.32. The molecule has 0 fully saturated rings. The molecule has 0 spiro atoms. The van der Waals surface area contributed by atoms with Crippen LogP contribution in [0.2, 0.25) is 0 Å². The van der Waals surface area contributed by atoms with E-state index in [0.717, 1.165) is 10.5 Å². The number of ether oxygens (including phenoxy) is 3. The van der Waals surface area contributed by atoms with Crippen LogP contribution in [-0.2, 0) is 4.74 Å². The number of aliphatic hydroxyl groups is 1. The number of aryl methyl sites for hydroxylation is 1. The lowest BCUT2D eigenvalue weighted by Gasteiger charge is -2.15. The second-order valence-electron chi connectivity index (χ2n) is 6.58. The first-order valence-electron chi connectivity index (χ1n) is 9.32. The number of aromatic nitrogens is 2. The first kappa shape index (κ1) is 21.9. The van der Waals surface area contributed by atoms with Crippen LogP contribution in [0.25, 0.3) is 5.69 Å². The van der Waals surface area contributed by atoms with Crippen LogP contribution in [0.4, 0.5) is 0 Å². The van der Waals surface area contributed by atoms with Gasteiger partial charge in [0.25, 0.3) is 5.56 Å². The maximum atomic E-state index is 13.0. The quantitative estimate of drug-likeness (QED) is 0.561. The van der Waals surface area contributed by atoms with Gasteiger partial charge in [0.15, 0.2) is 16.5 Å². The molecule has 1 atom stereocenters. The van der Waals surface area contributed by atoms with E-state index in [-0.39, 0.29) is 18.8 Å². The van der Waals surface area contributed by atoms with E-state index >= 15 is 0 Å². The Labute approximate surface area is 179 Å². The zero-order valence-electron chi connectivity index (χ0n) is 17.1. The SMILES string of the molecule is COCC(O)COc1ccc(-n2ccnc(Sc3ccc(C)cc3)c2=O)cc1OC. The second kappa shape index (κ2) is 10.3. The van der Waals surface area contributed by atoms with E-state index in [0.29, 0.717) is 22.2 Å². The first-order chi connectivity index (χ1) is 14.5. The molecular weight excluding hydrogens is 404 g/mol. The molecule has 0 aliphatic rings. The van der Waals surface area contributed by atoms with Gasteiger partial charge in [0.1, 0.15) is 12.7 Å². The molecule has 1 heterocycles. The van der Waals surface area contributed by atoms with E-state index in [4.69, 9.17) is 14.2 Å². The molecule has 0 amide bonds. The highest BCUT2D eigenvalue weighted by Crippen LogP contribution is 2.30. The third-order valence-corrected chi connectivity index (χ3v) is 5.24. The van der Waals surface area contributed by atoms with Crippen LogP contribution in [0.15, 0.2) is 69.6 Å². The van der Waals surface area contributed by atoms with Crippen molar-refractivity contribution in [3.05, 3.63) is 70.8 Å². The fraction of sp³-hybridized carbons (Fsp3) is 0.273. The number of hydrogen-bond acceptors (Lipinski definition) is 7. The third kappa shape index (κ3) is 5.41. The number of benzene rings is 2. The molecule has 1 aromatic heterocycles. The van der Waals surface area contributed by atoms with Crippen molar-refractivity contribution in [1.82, 2.24) is 9.55 Å². The van der Waals surface area contributed by atoms with Gasteiger partial charge in [-0.25, -0.2) is 4.98 Å². The average Bonchev–Trinajstić information content (AvgIpc) is 2.75. The monoisotopic (exact) mass is 428 g/mol. The molecule has 1 unspecified atom stereocenters. The summed E-state index contributed by atoms with van der Waals surface area (Å²) in [6, 6.07) is 13.1. The van der Waals surface area contributed by atoms with Crippen molar-refractivity contribution in [2.45, 2.75) is 22.9 Å². The highest BCUT2D eigenvalue weighted by molar-refractivity contribution is 7.99. The van der Waals surface area contributed by atoms with Gasteiger partial charge in [-0.1, -0.05) is 29.5 Å². The molecule has 1 N–H and O–H groups in total. The fourth-order valence-electron chi connectivity index (χ4n) is 2.74. The Morgan fingerprint density at radius 3 is 2.57 bits per heavy atom. The van der Waals surface area contributed by atoms with Gasteiger partial charge in [-0.05, 0) is 31.2 Å². The van der Waals surface area contributed by atoms with Gasteiger partial charge >= 0.3 is 0 Å². The van der Waals surface area contributed by atoms with E-state index in [1.807, 2.05) is 31.2 Å². The van der Waals surface area contributed by atoms with E-state index in [1.165, 1.54) is 30.5 Å². The second-order valence-corrected chi connectivity index (χ2v) is 7.64. The fourth-order valence-corrected chi connectivity index (χ4v) is 3.53. The van der Waals surface area contributed by atoms with Crippen molar-refractivity contribution in [3.63, 3.8) is 0 Å². The van der Waals surface area contributed by atoms with Crippen molar-refractivity contribution in [2.24, 2.45) is 0 Å². The van der Waals surface area contributed by atoms with Crippen LogP contribution in [0.3, 0.4) is 0 Å². The number of nitrogens with zero attached hydrogens (tertiary/aromatic N) is 2. The summed E-state index contributed by atoms with van der Waals surface area (Å²) in [6.07, 6.45) is 2.46. The molecule has 0 saturated carbocycles. The third-order valence-electron chi connectivity index (χ3n) is 4.26. The summed E-state index contributed by atoms with van der Waals surface area (Å²) in [6.45, 7) is 2.26. The Balaban J connectivity index is 1.84. The molecule has 0 radical (unpaired) electrons. The molecule has 2 aromatic carbocycles. The van der Waals surface area contributed by atoms with Crippen LogP contribution < -0.4 is 15.0 Å². The van der Waals surface area contributed by atoms with Gasteiger partial charge in [-0.15, -0.1) is 0 Å². The van der Waals surface area contributed by atoms with Crippen LogP contribution in [0, 0.1) is 6.92 Å². The number of rotatable bonds is 9. The topological polar surface area (TPSA) is 82.8 Å². The van der Waals surface area contributed by atoms with Gasteiger partial charge in [0.2, 0.25) is 0 Å². The summed E-state index contributed by atoms with van der Waals surface area (Å²) in [5, 5.41) is 10.1. The smallest absolute Gasteiger partial charge is 0.287 e. The summed E-state index contributed by atoms with van der Waals surface area (Å²) in [7, 11) is 3.03. The minimum Gasteiger partial charge on any atom is -0.493 e. The first-order valence-corrected chi connectivity index (χ1v) is 10.1. The van der Waals surface area contributed by atoms with Crippen molar-refractivity contribution in [3.8, 4) is 17.2 Å². The lowest BCUT2D eigenvalue weighted by atomic mass is 10.2. The Bertz CT molecular complexity index is 1040. The van der Waals surface area contributed by atoms with Gasteiger partial charge in [-0.3, -0.25) is 9.36 Å². The van der Waals surface area contributed by atoms with Gasteiger partial charge in [0.05, 0.1) is 19.4 Å². The Hall–Kier alpha value is -2.81. The van der Waals surface area contributed by atoms with Crippen molar-refractivity contribution in [2.75, 3.05) is 27.4 Å². The van der Waals surface area contributed by atoms with Crippen molar-refractivity contribution < 1.29 is 19.3 Å². The predicted molar refractivity (Wildman–Crippen MR) is 115 cm³/mol. The zero-order valence-corrected chi connectivity index (χ0v) is 17.9. The van der Waals surface area contributed by atoms with Gasteiger partial charge < -0.3 is 19.3 Å². The van der Waals surface area contributed by atoms with Crippen LogP contribution in [0.1, 0.15) is 5.56 Å². The molecule has 158 valence electrons. The van der Waals surface area contributed by atoms with E-state index in [1.54, 1.807) is 30.6 Å². The average molecular weight is 429 g/mol. The Morgan fingerprint density at radius 2 is 1.87 bits per heavy atom. The van der Waals surface area contributed by atoms with Gasteiger partial charge in [0, 0.05) is 30.5 Å². The standard InChI is InChI=1S/C22H24N2O5S/c1-15-4-7-18(8-5-15)30-21-22(26)24(11-10-23-21)16-6-9-19(20(12-16)28-3)29-14-17(25)13-27-2/h4-12,17,25H,13-14H2,1-3H3. The predicted octanol–water partition coefficient (Wildman–Crippen LogP) is 3.09. The number of methoxy groups -OCH3 is 2. The lowest BCUT2D eigenvalue weighted by molar-refractivity contribution is 0.0319. The Kier molecular flexibility index (Phi) is 7.51. The van der Waals surface area contributed by atoms with Crippen LogP contribution in [0.5, 0.6) is 11.5 Å². The van der Waals surface area contributed by atoms with E-state index in [2.05, 4.69) is 4.98 Å². The van der Waals surface area contributed by atoms with E-state index < -0.39 is 6.10 Å². The van der Waals surface area contributed by atoms with Crippen molar-refractivity contribution >= 4 is 11.8 Å². The molecule has 7 nitrogen and oxygen atoms in total. The zero-order chi connectivity index (χ0) is 21.5. The molecule has 0 bridgehead atoms. The van der Waals surface area contributed by atoms with Crippen LogP contribution in [-0.4, -0.2) is 48.2 Å². The number of aliphatic hydroxyl groups excluding tert-OH is 1. The highest BCUT2D eigenvalue weighted by atomic mass is 32.2. The molecule has 30 heavy (non-hydrogen) atoms. The van der Waals surface area contributed by atoms with E-state index in [9.17, 15) is 9.90 Å². The molecule has 3 aromatic rings. The molecular formula is C22H24N2O5S. The summed E-state index contributed by atoms with van der Waals surface area (Å²) < 4.78 is 17.4. The Morgan fingerprint density at radius 1 is 1.10 bits per heavy atom. The summed E-state index contributed by atoms with van der Waals surface area (Å²) in [5.41, 5.74) is 1.55. The number of hydrogen-bond donors (Lipinski definition) is 1. The largest absolute Gasteiger partial charge is 0.493 e. The molecule has 3 rings (SSSR count). The molecule has 0 aliphatic carbocycles. The molecule has 0 aliphatic heterocycles. The molecule has 0 saturated heterocycles. The van der Waals surface area contributed by atoms with Crippen molar-refractivity contribution in [1.29, 1.82) is 0 Å². The molecule has 8 heteroatoms. The summed E-state index contributed by atoms with van der Waals surface area (Å²) in [4.78, 5) is 18.2. The minimum absolute atomic E-state index is 0.0656. The maximum absolute atomic E-state index is 13.0.